The molecule has 5 rings (SSSR count). The van der Waals surface area contributed by atoms with E-state index in [9.17, 15) is 18.5 Å². The van der Waals surface area contributed by atoms with Crippen LogP contribution < -0.4 is 4.52 Å². The molecule has 9 nitrogen and oxygen atoms in total. The summed E-state index contributed by atoms with van der Waals surface area (Å²) in [6.45, 7) is 6.89. The molecule has 282 valence electrons. The minimum absolute atomic E-state index is 0.0352. The molecule has 15 heteroatoms. The zero-order chi connectivity index (χ0) is 39.2. The highest BCUT2D eigenvalue weighted by Crippen LogP contribution is 2.42. The molecule has 0 amide bonds. The molecule has 0 aliphatic heterocycles. The molecule has 4 aromatic carbocycles. The number of halogens is 4. The number of rotatable bonds is 12. The van der Waals surface area contributed by atoms with E-state index in [1.807, 2.05) is 13.8 Å². The van der Waals surface area contributed by atoms with E-state index >= 15 is 4.39 Å². The molecule has 0 saturated carbocycles. The van der Waals surface area contributed by atoms with Crippen LogP contribution in [0.3, 0.4) is 0 Å². The first-order valence-electron chi connectivity index (χ1n) is 16.0. The van der Waals surface area contributed by atoms with E-state index in [1.165, 1.54) is 25.5 Å². The average Bonchev–Trinajstić information content (AvgIpc) is 3.54. The Morgan fingerprint density at radius 2 is 1.57 bits per heavy atom. The highest BCUT2D eigenvalue weighted by Gasteiger charge is 2.36. The van der Waals surface area contributed by atoms with Gasteiger partial charge in [-0.15, -0.1) is 0 Å². The summed E-state index contributed by atoms with van der Waals surface area (Å²) < 4.78 is 54.4. The van der Waals surface area contributed by atoms with E-state index in [1.54, 1.807) is 85.3 Å². The van der Waals surface area contributed by atoms with Gasteiger partial charge in [-0.05, 0) is 92.9 Å². The minimum atomic E-state index is -2.36. The smallest absolute Gasteiger partial charge is 0.391 e. The molecule has 0 saturated heterocycles. The second-order valence-corrected chi connectivity index (χ2v) is 15.8. The van der Waals surface area contributed by atoms with Crippen molar-refractivity contribution >= 4 is 48.9 Å². The summed E-state index contributed by atoms with van der Waals surface area (Å²) in [6, 6.07) is 19.1. The van der Waals surface area contributed by atoms with Crippen molar-refractivity contribution in [1.82, 2.24) is 9.55 Å². The minimum Gasteiger partial charge on any atom is -0.427 e. The molecule has 3 N–H and O–H groups in total. The normalized spacial score (nSPS) is 12.3. The van der Waals surface area contributed by atoms with Gasteiger partial charge in [0.25, 0.3) is 0 Å². The molecule has 53 heavy (non-hydrogen) atoms. The summed E-state index contributed by atoms with van der Waals surface area (Å²) in [6.07, 6.45) is 4.20. The Labute approximate surface area is 320 Å². The first kappa shape index (κ1) is 42.2. The fraction of sp³-hybridized carbons (Fsp3) is 0.263. The van der Waals surface area contributed by atoms with Gasteiger partial charge in [-0.1, -0.05) is 47.5 Å². The summed E-state index contributed by atoms with van der Waals surface area (Å²) in [5.41, 5.74) is 0.717. The average molecular weight is 808 g/mol. The van der Waals surface area contributed by atoms with Crippen LogP contribution >= 0.6 is 31.8 Å². The van der Waals surface area contributed by atoms with Crippen LogP contribution in [0.15, 0.2) is 83.9 Å². The van der Waals surface area contributed by atoms with Crippen molar-refractivity contribution in [2.75, 3.05) is 13.4 Å². The molecule has 5 aromatic rings. The number of ether oxygens (including phenoxy) is 1. The van der Waals surface area contributed by atoms with Crippen molar-refractivity contribution in [3.8, 4) is 22.6 Å². The maximum absolute atomic E-state index is 15.9. The number of aliphatic hydroxyl groups is 1. The van der Waals surface area contributed by atoms with Gasteiger partial charge >= 0.3 is 8.60 Å². The van der Waals surface area contributed by atoms with Gasteiger partial charge in [0.1, 0.15) is 35.1 Å². The Balaban J connectivity index is 0.000000407. The van der Waals surface area contributed by atoms with Crippen molar-refractivity contribution < 1.29 is 41.9 Å². The fourth-order valence-corrected chi connectivity index (χ4v) is 7.56. The van der Waals surface area contributed by atoms with Crippen molar-refractivity contribution in [3.63, 3.8) is 0 Å². The molecule has 1 unspecified atom stereocenters. The van der Waals surface area contributed by atoms with Gasteiger partial charge in [-0.25, -0.2) is 13.8 Å². The molecule has 0 fully saturated rings. The van der Waals surface area contributed by atoms with E-state index in [0.29, 0.717) is 50.4 Å². The highest BCUT2D eigenvalue weighted by atomic mass is 35.5. The van der Waals surface area contributed by atoms with E-state index in [-0.39, 0.29) is 22.8 Å². The molecular formula is C38H39Cl2F2N2O7PS. The van der Waals surface area contributed by atoms with Gasteiger partial charge < -0.3 is 28.9 Å². The van der Waals surface area contributed by atoms with Crippen LogP contribution in [-0.4, -0.2) is 48.3 Å². The second kappa shape index (κ2) is 17.7. The third-order valence-corrected chi connectivity index (χ3v) is 10.2. The number of aromatic nitrogens is 2. The molecule has 0 bridgehead atoms. The number of nitrogens with zero attached hydrogens (tertiary/aromatic N) is 2. The lowest BCUT2D eigenvalue weighted by atomic mass is 9.83. The van der Waals surface area contributed by atoms with Crippen LogP contribution in [0.25, 0.3) is 16.8 Å². The van der Waals surface area contributed by atoms with E-state index < -0.39 is 42.1 Å². The monoisotopic (exact) mass is 806 g/mol. The molecular weight excluding hydrogens is 768 g/mol. The number of benzene rings is 4. The standard InChI is InChI=1S/C30H30Cl2F2N2O3S.C8H9O4P/c1-29(2,27-20(31)8-7-9-21(27)32)28-35-26(30(3,4)37)15-36(28)24-11-10-17(12-23(24)34)18-13-22(33)19(16-39-5)25(14-18)40(6)38;9-6-5-7-1-3-8(4-2-7)12-13(10)11/h7-15,37H,16H2,1-6H3;1-4,6,10-11H,5H2. The van der Waals surface area contributed by atoms with Gasteiger partial charge in [0.05, 0.1) is 34.2 Å². The Morgan fingerprint density at radius 1 is 0.943 bits per heavy atom. The number of imidazole rings is 1. The van der Waals surface area contributed by atoms with E-state index in [2.05, 4.69) is 4.52 Å². The number of carbonyl (C=O) groups is 1. The van der Waals surface area contributed by atoms with Crippen LogP contribution in [0, 0.1) is 11.6 Å². The van der Waals surface area contributed by atoms with E-state index in [0.717, 1.165) is 11.8 Å². The molecule has 0 spiro atoms. The van der Waals surface area contributed by atoms with Gasteiger partial charge in [0.15, 0.2) is 0 Å². The fourth-order valence-electron chi connectivity index (χ4n) is 5.58. The van der Waals surface area contributed by atoms with Gasteiger partial charge in [0, 0.05) is 52.1 Å². The Bertz CT molecular complexity index is 2090. The van der Waals surface area contributed by atoms with Gasteiger partial charge in [-0.2, -0.15) is 0 Å². The summed E-state index contributed by atoms with van der Waals surface area (Å²) in [5.74, 6) is -0.408. The van der Waals surface area contributed by atoms with E-state index in [4.69, 9.17) is 42.7 Å². The summed E-state index contributed by atoms with van der Waals surface area (Å²) in [5, 5.41) is 11.6. The lowest BCUT2D eigenvalue weighted by Crippen LogP contribution is -2.25. The Morgan fingerprint density at radius 3 is 2.09 bits per heavy atom. The van der Waals surface area contributed by atoms with Crippen LogP contribution in [0.1, 0.15) is 55.9 Å². The van der Waals surface area contributed by atoms with Crippen LogP contribution in [0.5, 0.6) is 5.75 Å². The lowest BCUT2D eigenvalue weighted by molar-refractivity contribution is -0.107. The van der Waals surface area contributed by atoms with Gasteiger partial charge in [-0.3, -0.25) is 8.78 Å². The third-order valence-electron chi connectivity index (χ3n) is 8.20. The SMILES string of the molecule is COCc1c(F)cc(-c2ccc(-n3cc(C(C)(C)O)nc3C(C)(C)c3c(Cl)cccc3Cl)c(F)c2)cc1S(C)=O.O=CCc1ccc(OP(O)O)cc1. The van der Waals surface area contributed by atoms with Crippen molar-refractivity contribution in [1.29, 1.82) is 0 Å². The molecule has 0 radical (unpaired) electrons. The molecule has 1 atom stereocenters. The maximum atomic E-state index is 15.9. The second-order valence-electron chi connectivity index (χ2n) is 12.9. The Hall–Kier alpha value is -3.58. The number of carbonyl (C=O) groups excluding carboxylic acids is 1. The lowest BCUT2D eigenvalue weighted by Gasteiger charge is -2.28. The zero-order valence-corrected chi connectivity index (χ0v) is 33.0. The van der Waals surface area contributed by atoms with Crippen molar-refractivity contribution in [2.45, 2.75) is 56.6 Å². The first-order valence-corrected chi connectivity index (χ1v) is 19.5. The third kappa shape index (κ3) is 10.1. The van der Waals surface area contributed by atoms with Crippen molar-refractivity contribution in [3.05, 3.63) is 129 Å². The predicted molar refractivity (Wildman–Crippen MR) is 204 cm³/mol. The molecule has 0 aliphatic carbocycles. The van der Waals surface area contributed by atoms with Gasteiger partial charge in [0.2, 0.25) is 0 Å². The quantitative estimate of drug-likeness (QED) is 0.0845. The number of methoxy groups -OCH3 is 1. The number of hydrogen-bond donors (Lipinski definition) is 3. The van der Waals surface area contributed by atoms with Crippen LogP contribution in [0.4, 0.5) is 8.78 Å². The number of aldehydes is 1. The zero-order valence-electron chi connectivity index (χ0n) is 29.7. The Kier molecular flexibility index (Phi) is 14.1. The van der Waals surface area contributed by atoms with Crippen LogP contribution in [0.2, 0.25) is 10.0 Å². The first-order chi connectivity index (χ1) is 24.9. The number of hydrogen-bond acceptors (Lipinski definition) is 8. The summed E-state index contributed by atoms with van der Waals surface area (Å²) in [7, 11) is -2.42. The largest absolute Gasteiger partial charge is 0.427 e. The summed E-state index contributed by atoms with van der Waals surface area (Å²) >= 11 is 13.1. The summed E-state index contributed by atoms with van der Waals surface area (Å²) in [4.78, 5) is 32.2. The topological polar surface area (TPSA) is 131 Å². The van der Waals surface area contributed by atoms with Crippen molar-refractivity contribution in [2.24, 2.45) is 0 Å². The molecule has 0 aliphatic rings. The van der Waals surface area contributed by atoms with Crippen LogP contribution in [-0.2, 0) is 44.4 Å². The molecule has 1 aromatic heterocycles. The maximum Gasteiger partial charge on any atom is 0.391 e. The predicted octanol–water partition coefficient (Wildman–Crippen LogP) is 8.58. The highest BCUT2D eigenvalue weighted by molar-refractivity contribution is 7.84. The molecule has 1 heterocycles.